The summed E-state index contributed by atoms with van der Waals surface area (Å²) in [5, 5.41) is 11.2. The van der Waals surface area contributed by atoms with Crippen LogP contribution in [0.3, 0.4) is 0 Å². The highest BCUT2D eigenvalue weighted by atomic mass is 35.5. The van der Waals surface area contributed by atoms with Crippen molar-refractivity contribution >= 4 is 62.8 Å². The van der Waals surface area contributed by atoms with Gasteiger partial charge in [-0.15, -0.1) is 11.3 Å². The van der Waals surface area contributed by atoms with Gasteiger partial charge in [-0.25, -0.2) is 15.0 Å². The minimum Gasteiger partial charge on any atom is -0.369 e. The number of benzene rings is 2. The van der Waals surface area contributed by atoms with Crippen LogP contribution in [0.25, 0.3) is 27.3 Å². The van der Waals surface area contributed by atoms with Crippen molar-refractivity contribution in [2.45, 2.75) is 0 Å². The Bertz CT molecular complexity index is 1650. The number of thiazole rings is 1. The first kappa shape index (κ1) is 24.7. The Morgan fingerprint density at radius 2 is 1.71 bits per heavy atom. The first-order valence-electron chi connectivity index (χ1n) is 11.9. The largest absolute Gasteiger partial charge is 0.369 e. The Morgan fingerprint density at radius 3 is 2.39 bits per heavy atom. The fourth-order valence-electron chi connectivity index (χ4n) is 4.36. The highest BCUT2D eigenvalue weighted by Crippen LogP contribution is 2.31. The molecule has 2 aromatic carbocycles. The van der Waals surface area contributed by atoms with E-state index in [2.05, 4.69) is 54.3 Å². The summed E-state index contributed by atoms with van der Waals surface area (Å²) >= 11 is 14.2. The predicted octanol–water partition coefficient (Wildman–Crippen LogP) is 5.10. The van der Waals surface area contributed by atoms with Gasteiger partial charge in [-0.05, 0) is 43.4 Å². The fourth-order valence-corrected chi connectivity index (χ4v) is 5.54. The second-order valence-electron chi connectivity index (χ2n) is 8.89. The molecule has 5 aromatic rings. The van der Waals surface area contributed by atoms with Gasteiger partial charge < -0.3 is 15.1 Å². The number of fused-ring (bicyclic) bond motifs is 1. The SMILES string of the molecule is CN1CCN(c2ccc(Nc3ncc4c(=O)n(-c5c(Cl)cccc5Cl)nc(-c5nccs5)c4n3)cc2)CC1. The number of nitrogens with zero attached hydrogens (tertiary/aromatic N) is 7. The zero-order valence-electron chi connectivity index (χ0n) is 20.3. The van der Waals surface area contributed by atoms with Crippen molar-refractivity contribution in [3.8, 4) is 16.4 Å². The quantitative estimate of drug-likeness (QED) is 0.315. The molecule has 0 amide bonds. The van der Waals surface area contributed by atoms with Gasteiger partial charge in [0.05, 0.1) is 15.4 Å². The van der Waals surface area contributed by atoms with Crippen LogP contribution in [0.15, 0.2) is 65.0 Å². The molecule has 0 aliphatic carbocycles. The summed E-state index contributed by atoms with van der Waals surface area (Å²) in [6, 6.07) is 13.2. The fraction of sp³-hybridized carbons (Fsp3) is 0.192. The smallest absolute Gasteiger partial charge is 0.282 e. The third-order valence-electron chi connectivity index (χ3n) is 6.41. The van der Waals surface area contributed by atoms with Crippen LogP contribution in [0.4, 0.5) is 17.3 Å². The zero-order valence-corrected chi connectivity index (χ0v) is 22.6. The molecule has 1 N–H and O–H groups in total. The summed E-state index contributed by atoms with van der Waals surface area (Å²) in [7, 11) is 2.14. The monoisotopic (exact) mass is 564 g/mol. The van der Waals surface area contributed by atoms with Gasteiger partial charge in [0, 0.05) is 55.3 Å². The Hall–Kier alpha value is -3.57. The first-order chi connectivity index (χ1) is 18.5. The number of rotatable bonds is 5. The molecule has 0 spiro atoms. The van der Waals surface area contributed by atoms with E-state index in [0.717, 1.165) is 31.9 Å². The molecule has 4 heterocycles. The number of para-hydroxylation sites is 1. The molecule has 9 nitrogen and oxygen atoms in total. The highest BCUT2D eigenvalue weighted by molar-refractivity contribution is 7.13. The predicted molar refractivity (Wildman–Crippen MR) is 153 cm³/mol. The van der Waals surface area contributed by atoms with Crippen molar-refractivity contribution in [3.63, 3.8) is 0 Å². The summed E-state index contributed by atoms with van der Waals surface area (Å²) < 4.78 is 1.19. The average molecular weight is 565 g/mol. The lowest BCUT2D eigenvalue weighted by Gasteiger charge is -2.34. The lowest BCUT2D eigenvalue weighted by atomic mass is 10.2. The summed E-state index contributed by atoms with van der Waals surface area (Å²) in [6.45, 7) is 4.09. The number of likely N-dealkylation sites (N-methyl/N-ethyl adjacent to an activating group) is 1. The van der Waals surface area contributed by atoms with Crippen LogP contribution in [0.5, 0.6) is 0 Å². The molecule has 12 heteroatoms. The van der Waals surface area contributed by atoms with Crippen molar-refractivity contribution in [1.82, 2.24) is 29.6 Å². The number of hydrogen-bond donors (Lipinski definition) is 1. The van der Waals surface area contributed by atoms with E-state index in [9.17, 15) is 4.79 Å². The van der Waals surface area contributed by atoms with E-state index in [1.807, 2.05) is 17.5 Å². The van der Waals surface area contributed by atoms with E-state index in [4.69, 9.17) is 23.2 Å². The maximum atomic E-state index is 13.5. The third kappa shape index (κ3) is 4.71. The minimum atomic E-state index is -0.432. The molecule has 6 rings (SSSR count). The molecule has 0 unspecified atom stereocenters. The molecule has 1 saturated heterocycles. The molecule has 1 fully saturated rings. The maximum Gasteiger partial charge on any atom is 0.282 e. The molecule has 0 saturated carbocycles. The number of halogens is 2. The lowest BCUT2D eigenvalue weighted by molar-refractivity contribution is 0.313. The summed E-state index contributed by atoms with van der Waals surface area (Å²) in [5.74, 6) is 0.345. The molecule has 0 bridgehead atoms. The van der Waals surface area contributed by atoms with E-state index in [-0.39, 0.29) is 5.39 Å². The van der Waals surface area contributed by atoms with Crippen LogP contribution in [-0.4, -0.2) is 62.9 Å². The number of piperazine rings is 1. The number of nitrogens with one attached hydrogen (secondary N) is 1. The number of aromatic nitrogens is 5. The highest BCUT2D eigenvalue weighted by Gasteiger charge is 2.20. The van der Waals surface area contributed by atoms with E-state index in [1.165, 1.54) is 27.9 Å². The molecular weight excluding hydrogens is 543 g/mol. The van der Waals surface area contributed by atoms with Gasteiger partial charge in [-0.1, -0.05) is 29.3 Å². The Kier molecular flexibility index (Phi) is 6.71. The van der Waals surface area contributed by atoms with Crippen LogP contribution >= 0.6 is 34.5 Å². The van der Waals surface area contributed by atoms with E-state index >= 15 is 0 Å². The Labute approximate surface area is 232 Å². The number of anilines is 3. The maximum absolute atomic E-state index is 13.5. The third-order valence-corrected chi connectivity index (χ3v) is 7.80. The summed E-state index contributed by atoms with van der Waals surface area (Å²) in [6.07, 6.45) is 3.17. The van der Waals surface area contributed by atoms with Crippen LogP contribution in [0.1, 0.15) is 0 Å². The normalized spacial score (nSPS) is 14.2. The first-order valence-corrected chi connectivity index (χ1v) is 13.6. The minimum absolute atomic E-state index is 0.275. The lowest BCUT2D eigenvalue weighted by Crippen LogP contribution is -2.44. The van der Waals surface area contributed by atoms with Gasteiger partial charge in [0.25, 0.3) is 5.56 Å². The van der Waals surface area contributed by atoms with Gasteiger partial charge in [0.2, 0.25) is 5.95 Å². The van der Waals surface area contributed by atoms with E-state index in [1.54, 1.807) is 24.4 Å². The van der Waals surface area contributed by atoms with E-state index in [0.29, 0.717) is 37.9 Å². The molecule has 0 radical (unpaired) electrons. The Morgan fingerprint density at radius 1 is 0.974 bits per heavy atom. The van der Waals surface area contributed by atoms with Gasteiger partial charge >= 0.3 is 0 Å². The molecule has 3 aromatic heterocycles. The molecular formula is C26H22Cl2N8OS. The van der Waals surface area contributed by atoms with Crippen molar-refractivity contribution in [2.75, 3.05) is 43.4 Å². The van der Waals surface area contributed by atoms with Crippen molar-refractivity contribution < 1.29 is 0 Å². The molecule has 38 heavy (non-hydrogen) atoms. The second-order valence-corrected chi connectivity index (χ2v) is 10.6. The van der Waals surface area contributed by atoms with Crippen molar-refractivity contribution in [1.29, 1.82) is 0 Å². The van der Waals surface area contributed by atoms with Gasteiger partial charge in [0.1, 0.15) is 21.9 Å². The standard InChI is InChI=1S/C26H22Cl2N8OS/c1-34-10-12-35(13-11-34)17-7-5-16(6-8-17)31-26-30-15-18-21(32-26)22(24-29-9-14-38-24)33-36(25(18)37)23-19(27)3-2-4-20(23)28/h2-9,14-15H,10-13H2,1H3,(H,30,31,32). The summed E-state index contributed by atoms with van der Waals surface area (Å²) in [4.78, 5) is 31.7. The average Bonchev–Trinajstić information content (AvgIpc) is 3.46. The van der Waals surface area contributed by atoms with Crippen molar-refractivity contribution in [2.24, 2.45) is 0 Å². The Balaban J connectivity index is 1.38. The van der Waals surface area contributed by atoms with Gasteiger partial charge in [-0.2, -0.15) is 9.78 Å². The molecule has 1 aliphatic rings. The van der Waals surface area contributed by atoms with Gasteiger partial charge in [0.15, 0.2) is 0 Å². The number of hydrogen-bond acceptors (Lipinski definition) is 9. The zero-order chi connectivity index (χ0) is 26.2. The second kappa shape index (κ2) is 10.3. The topological polar surface area (TPSA) is 92.1 Å². The molecule has 192 valence electrons. The van der Waals surface area contributed by atoms with Crippen molar-refractivity contribution in [3.05, 3.63) is 80.6 Å². The molecule has 1 aliphatic heterocycles. The van der Waals surface area contributed by atoms with Crippen LogP contribution < -0.4 is 15.8 Å². The van der Waals surface area contributed by atoms with E-state index < -0.39 is 5.56 Å². The summed E-state index contributed by atoms with van der Waals surface area (Å²) in [5.41, 5.74) is 2.69. The van der Waals surface area contributed by atoms with Crippen LogP contribution in [-0.2, 0) is 0 Å². The van der Waals surface area contributed by atoms with Crippen LogP contribution in [0.2, 0.25) is 10.0 Å². The van der Waals surface area contributed by atoms with Crippen LogP contribution in [0, 0.1) is 0 Å². The van der Waals surface area contributed by atoms with Gasteiger partial charge in [-0.3, -0.25) is 4.79 Å². The molecule has 0 atom stereocenters.